The molecule has 3 rings (SSSR count). The average molecular weight is 298 g/mol. The predicted molar refractivity (Wildman–Crippen MR) is 83.8 cm³/mol. The summed E-state index contributed by atoms with van der Waals surface area (Å²) in [6, 6.07) is 9.41. The van der Waals surface area contributed by atoms with Crippen LogP contribution >= 0.6 is 11.3 Å². The molecule has 1 fully saturated rings. The fraction of sp³-hybridized carbons (Fsp3) is 0.125. The Morgan fingerprint density at radius 3 is 2.62 bits per heavy atom. The molecule has 5 heteroatoms. The Morgan fingerprint density at radius 1 is 1.14 bits per heavy atom. The molecule has 0 atom stereocenters. The Balaban J connectivity index is 1.95. The van der Waals surface area contributed by atoms with Crippen LogP contribution in [-0.4, -0.2) is 11.8 Å². The molecule has 106 valence electrons. The molecule has 2 amide bonds. The highest BCUT2D eigenvalue weighted by molar-refractivity contribution is 7.10. The summed E-state index contributed by atoms with van der Waals surface area (Å²) in [5, 5.41) is 3.21. The molecule has 0 radical (unpaired) electrons. The van der Waals surface area contributed by atoms with Crippen LogP contribution in [0.4, 0.5) is 5.69 Å². The molecule has 1 saturated heterocycles. The van der Waals surface area contributed by atoms with Crippen LogP contribution in [0, 0.1) is 13.8 Å². The molecule has 0 aliphatic carbocycles. The Hall–Kier alpha value is -2.40. The van der Waals surface area contributed by atoms with E-state index >= 15 is 0 Å². The molecule has 0 unspecified atom stereocenters. The van der Waals surface area contributed by atoms with E-state index in [2.05, 4.69) is 5.43 Å². The molecule has 1 aliphatic heterocycles. The number of anilines is 1. The SMILES string of the molecule is Cc1ccc(N2NC(=O)/C(=C\c3cccs3)C2=O)cc1C. The van der Waals surface area contributed by atoms with Crippen LogP contribution < -0.4 is 10.4 Å². The third-order valence-corrected chi connectivity index (χ3v) is 4.29. The third-order valence-electron chi connectivity index (χ3n) is 3.47. The highest BCUT2D eigenvalue weighted by atomic mass is 32.1. The maximum atomic E-state index is 12.4. The van der Waals surface area contributed by atoms with Crippen molar-refractivity contribution in [2.24, 2.45) is 0 Å². The third kappa shape index (κ3) is 2.48. The molecule has 1 N–H and O–H groups in total. The van der Waals surface area contributed by atoms with Crippen LogP contribution in [0.15, 0.2) is 41.3 Å². The molecule has 0 saturated carbocycles. The predicted octanol–water partition coefficient (Wildman–Crippen LogP) is 2.83. The first-order chi connectivity index (χ1) is 10.1. The van der Waals surface area contributed by atoms with Gasteiger partial charge >= 0.3 is 0 Å². The van der Waals surface area contributed by atoms with Gasteiger partial charge in [0.15, 0.2) is 0 Å². The van der Waals surface area contributed by atoms with Crippen molar-refractivity contribution >= 4 is 34.9 Å². The van der Waals surface area contributed by atoms with Crippen LogP contribution in [0.3, 0.4) is 0 Å². The Bertz CT molecular complexity index is 748. The van der Waals surface area contributed by atoms with Crippen LogP contribution in [0.25, 0.3) is 6.08 Å². The van der Waals surface area contributed by atoms with Crippen molar-refractivity contribution in [3.8, 4) is 0 Å². The number of carbonyl (C=O) groups is 2. The first-order valence-electron chi connectivity index (χ1n) is 6.54. The summed E-state index contributed by atoms with van der Waals surface area (Å²) in [5.41, 5.74) is 5.66. The summed E-state index contributed by atoms with van der Waals surface area (Å²) in [6.07, 6.45) is 1.63. The number of aryl methyl sites for hydroxylation is 2. The number of nitrogens with one attached hydrogen (secondary N) is 1. The van der Waals surface area contributed by atoms with Gasteiger partial charge in [-0.2, -0.15) is 0 Å². The van der Waals surface area contributed by atoms with E-state index in [0.29, 0.717) is 5.69 Å². The summed E-state index contributed by atoms with van der Waals surface area (Å²) in [5.74, 6) is -0.691. The summed E-state index contributed by atoms with van der Waals surface area (Å²) in [4.78, 5) is 25.3. The fourth-order valence-corrected chi connectivity index (χ4v) is 2.78. The largest absolute Gasteiger partial charge is 0.282 e. The van der Waals surface area contributed by atoms with E-state index in [-0.39, 0.29) is 17.4 Å². The van der Waals surface area contributed by atoms with Gasteiger partial charge < -0.3 is 0 Å². The van der Waals surface area contributed by atoms with Gasteiger partial charge in [-0.05, 0) is 54.6 Å². The van der Waals surface area contributed by atoms with Gasteiger partial charge in [-0.1, -0.05) is 12.1 Å². The molecule has 4 nitrogen and oxygen atoms in total. The van der Waals surface area contributed by atoms with Gasteiger partial charge in [-0.25, -0.2) is 5.01 Å². The molecule has 1 aromatic heterocycles. The second-order valence-corrected chi connectivity index (χ2v) is 5.90. The van der Waals surface area contributed by atoms with Gasteiger partial charge in [-0.3, -0.25) is 15.0 Å². The number of hydrogen-bond donors (Lipinski definition) is 1. The van der Waals surface area contributed by atoms with Crippen molar-refractivity contribution in [1.82, 2.24) is 5.43 Å². The number of hydrogen-bond acceptors (Lipinski definition) is 3. The highest BCUT2D eigenvalue weighted by Crippen LogP contribution is 2.24. The summed E-state index contributed by atoms with van der Waals surface area (Å²) >= 11 is 1.49. The van der Waals surface area contributed by atoms with Crippen LogP contribution in [0.1, 0.15) is 16.0 Å². The number of hydrazine groups is 1. The van der Waals surface area contributed by atoms with E-state index in [4.69, 9.17) is 0 Å². The quantitative estimate of drug-likeness (QED) is 0.684. The molecule has 21 heavy (non-hydrogen) atoms. The van der Waals surface area contributed by atoms with Crippen LogP contribution in [-0.2, 0) is 9.59 Å². The second-order valence-electron chi connectivity index (χ2n) is 4.92. The highest BCUT2D eigenvalue weighted by Gasteiger charge is 2.34. The monoisotopic (exact) mass is 298 g/mol. The molecular weight excluding hydrogens is 284 g/mol. The molecule has 0 bridgehead atoms. The zero-order valence-corrected chi connectivity index (χ0v) is 12.5. The average Bonchev–Trinajstić information content (AvgIpc) is 3.06. The van der Waals surface area contributed by atoms with Gasteiger partial charge in [0.25, 0.3) is 11.8 Å². The topological polar surface area (TPSA) is 49.4 Å². The van der Waals surface area contributed by atoms with Crippen molar-refractivity contribution in [2.75, 3.05) is 5.01 Å². The molecule has 2 heterocycles. The lowest BCUT2D eigenvalue weighted by molar-refractivity contribution is -0.117. The lowest BCUT2D eigenvalue weighted by Crippen LogP contribution is -2.35. The van der Waals surface area contributed by atoms with E-state index in [1.165, 1.54) is 16.3 Å². The second kappa shape index (κ2) is 5.18. The number of thiophene rings is 1. The van der Waals surface area contributed by atoms with Gasteiger partial charge in [0.05, 0.1) is 5.69 Å². The van der Waals surface area contributed by atoms with Gasteiger partial charge in [0, 0.05) is 4.88 Å². The van der Waals surface area contributed by atoms with E-state index < -0.39 is 0 Å². The number of benzene rings is 1. The smallest absolute Gasteiger partial charge is 0.267 e. The van der Waals surface area contributed by atoms with Crippen LogP contribution in [0.5, 0.6) is 0 Å². The Labute approximate surface area is 126 Å². The molecule has 2 aromatic rings. The fourth-order valence-electron chi connectivity index (χ4n) is 2.12. The lowest BCUT2D eigenvalue weighted by atomic mass is 10.1. The summed E-state index contributed by atoms with van der Waals surface area (Å²) in [6.45, 7) is 3.98. The van der Waals surface area contributed by atoms with Crippen LogP contribution in [0.2, 0.25) is 0 Å². The van der Waals surface area contributed by atoms with E-state index in [1.54, 1.807) is 6.08 Å². The van der Waals surface area contributed by atoms with Gasteiger partial charge in [0.1, 0.15) is 5.57 Å². The first-order valence-corrected chi connectivity index (χ1v) is 7.42. The maximum absolute atomic E-state index is 12.4. The minimum atomic E-state index is -0.369. The van der Waals surface area contributed by atoms with E-state index in [0.717, 1.165) is 16.0 Å². The minimum Gasteiger partial charge on any atom is -0.267 e. The van der Waals surface area contributed by atoms with Crippen molar-refractivity contribution in [3.05, 3.63) is 57.3 Å². The molecule has 1 aliphatic rings. The first kappa shape index (κ1) is 13.6. The van der Waals surface area contributed by atoms with Crippen molar-refractivity contribution in [1.29, 1.82) is 0 Å². The molecule has 0 spiro atoms. The number of nitrogens with zero attached hydrogens (tertiary/aromatic N) is 1. The summed E-state index contributed by atoms with van der Waals surface area (Å²) in [7, 11) is 0. The number of rotatable bonds is 2. The maximum Gasteiger partial charge on any atom is 0.282 e. The van der Waals surface area contributed by atoms with E-state index in [1.807, 2.05) is 49.6 Å². The zero-order valence-electron chi connectivity index (χ0n) is 11.7. The Kier molecular flexibility index (Phi) is 3.35. The standard InChI is InChI=1S/C16H14N2O2S/c1-10-5-6-12(8-11(10)2)18-16(20)14(15(19)17-18)9-13-4-3-7-21-13/h3-9H,1-2H3,(H,17,19)/b14-9+. The van der Waals surface area contributed by atoms with E-state index in [9.17, 15) is 9.59 Å². The van der Waals surface area contributed by atoms with Crippen molar-refractivity contribution < 1.29 is 9.59 Å². The Morgan fingerprint density at radius 2 is 1.95 bits per heavy atom. The lowest BCUT2D eigenvalue weighted by Gasteiger charge is -2.15. The normalized spacial score (nSPS) is 16.7. The van der Waals surface area contributed by atoms with Crippen molar-refractivity contribution in [3.63, 3.8) is 0 Å². The molecule has 1 aromatic carbocycles. The number of carbonyl (C=O) groups excluding carboxylic acids is 2. The van der Waals surface area contributed by atoms with Crippen molar-refractivity contribution in [2.45, 2.75) is 13.8 Å². The summed E-state index contributed by atoms with van der Waals surface area (Å²) < 4.78 is 0. The zero-order chi connectivity index (χ0) is 15.0. The van der Waals surface area contributed by atoms with Gasteiger partial charge in [0.2, 0.25) is 0 Å². The molecular formula is C16H14N2O2S. The number of amides is 2. The minimum absolute atomic E-state index is 0.163. The van der Waals surface area contributed by atoms with Gasteiger partial charge in [-0.15, -0.1) is 11.3 Å².